The number of alkyl halides is 5. The van der Waals surface area contributed by atoms with Crippen molar-refractivity contribution in [1.29, 1.82) is 0 Å². The molecule has 0 saturated heterocycles. The van der Waals surface area contributed by atoms with Crippen LogP contribution in [0.15, 0.2) is 6.07 Å². The molecule has 0 aliphatic heterocycles. The minimum atomic E-state index is -5.19. The van der Waals surface area contributed by atoms with Crippen LogP contribution in [0.1, 0.15) is 23.4 Å². The van der Waals surface area contributed by atoms with Gasteiger partial charge in [0.2, 0.25) is 0 Å². The number of carboxylic acid groups (broad SMARTS) is 1. The SMILES string of the molecule is NCc1nc(CC(=O)O)cc(C(F)F)c1OC(F)(F)F. The van der Waals surface area contributed by atoms with Gasteiger partial charge in [-0.15, -0.1) is 13.2 Å². The van der Waals surface area contributed by atoms with Crippen LogP contribution in [0.3, 0.4) is 0 Å². The monoisotopic (exact) mass is 300 g/mol. The molecule has 3 N–H and O–H groups in total. The number of rotatable bonds is 5. The molecule has 20 heavy (non-hydrogen) atoms. The van der Waals surface area contributed by atoms with E-state index in [2.05, 4.69) is 9.72 Å². The Balaban J connectivity index is 3.36. The first-order chi connectivity index (χ1) is 9.14. The Hall–Kier alpha value is -1.97. The molecular formula is C10H9F5N2O3. The summed E-state index contributed by atoms with van der Waals surface area (Å²) in [7, 11) is 0. The van der Waals surface area contributed by atoms with E-state index in [0.29, 0.717) is 6.07 Å². The third kappa shape index (κ3) is 4.30. The fourth-order valence-electron chi connectivity index (χ4n) is 1.45. The van der Waals surface area contributed by atoms with Crippen molar-refractivity contribution in [3.63, 3.8) is 0 Å². The first kappa shape index (κ1) is 16.1. The highest BCUT2D eigenvalue weighted by Crippen LogP contribution is 2.35. The van der Waals surface area contributed by atoms with Crippen LogP contribution >= 0.6 is 0 Å². The van der Waals surface area contributed by atoms with Crippen molar-refractivity contribution in [2.75, 3.05) is 0 Å². The molecule has 0 aliphatic carbocycles. The molecule has 0 atom stereocenters. The van der Waals surface area contributed by atoms with Gasteiger partial charge in [-0.2, -0.15) is 0 Å². The van der Waals surface area contributed by atoms with E-state index < -0.39 is 48.7 Å². The van der Waals surface area contributed by atoms with Crippen molar-refractivity contribution in [2.24, 2.45) is 5.73 Å². The largest absolute Gasteiger partial charge is 0.573 e. The summed E-state index contributed by atoms with van der Waals surface area (Å²) in [6, 6.07) is 0.555. The lowest BCUT2D eigenvalue weighted by Gasteiger charge is -2.16. The van der Waals surface area contributed by atoms with E-state index in [-0.39, 0.29) is 5.69 Å². The molecule has 0 radical (unpaired) electrons. The Morgan fingerprint density at radius 1 is 1.45 bits per heavy atom. The van der Waals surface area contributed by atoms with E-state index in [9.17, 15) is 26.7 Å². The lowest BCUT2D eigenvalue weighted by Crippen LogP contribution is -2.21. The van der Waals surface area contributed by atoms with Gasteiger partial charge in [0.05, 0.1) is 23.4 Å². The van der Waals surface area contributed by atoms with E-state index in [0.717, 1.165) is 0 Å². The summed E-state index contributed by atoms with van der Waals surface area (Å²) < 4.78 is 65.6. The van der Waals surface area contributed by atoms with Crippen LogP contribution in [0.4, 0.5) is 22.0 Å². The molecule has 1 aromatic rings. The van der Waals surface area contributed by atoms with Crippen LogP contribution in [-0.4, -0.2) is 22.4 Å². The third-order valence-electron chi connectivity index (χ3n) is 2.10. The Labute approximate surface area is 109 Å². The number of carboxylic acids is 1. The molecule has 5 nitrogen and oxygen atoms in total. The molecule has 1 rings (SSSR count). The molecule has 112 valence electrons. The highest BCUT2D eigenvalue weighted by Gasteiger charge is 2.35. The number of hydrogen-bond donors (Lipinski definition) is 2. The van der Waals surface area contributed by atoms with Crippen LogP contribution in [0.2, 0.25) is 0 Å². The van der Waals surface area contributed by atoms with Crippen molar-refractivity contribution in [2.45, 2.75) is 25.8 Å². The predicted molar refractivity (Wildman–Crippen MR) is 55.1 cm³/mol. The van der Waals surface area contributed by atoms with E-state index in [4.69, 9.17) is 10.8 Å². The molecular weight excluding hydrogens is 291 g/mol. The molecule has 10 heteroatoms. The fourth-order valence-corrected chi connectivity index (χ4v) is 1.45. The van der Waals surface area contributed by atoms with Gasteiger partial charge < -0.3 is 15.6 Å². The molecule has 0 bridgehead atoms. The van der Waals surface area contributed by atoms with Gasteiger partial charge in [0, 0.05) is 6.54 Å². The summed E-state index contributed by atoms with van der Waals surface area (Å²) in [5.74, 6) is -2.56. The van der Waals surface area contributed by atoms with Crippen LogP contribution in [0.5, 0.6) is 5.75 Å². The Kier molecular flexibility index (Phi) is 4.82. The van der Waals surface area contributed by atoms with Crippen LogP contribution < -0.4 is 10.5 Å². The summed E-state index contributed by atoms with van der Waals surface area (Å²) in [5.41, 5.74) is 3.12. The van der Waals surface area contributed by atoms with Gasteiger partial charge in [-0.05, 0) is 6.07 Å². The lowest BCUT2D eigenvalue weighted by atomic mass is 10.1. The average Bonchev–Trinajstić information content (AvgIpc) is 2.27. The fraction of sp³-hybridized carbons (Fsp3) is 0.400. The van der Waals surface area contributed by atoms with Gasteiger partial charge in [0.1, 0.15) is 0 Å². The van der Waals surface area contributed by atoms with Crippen molar-refractivity contribution in [3.05, 3.63) is 23.0 Å². The summed E-state index contributed by atoms with van der Waals surface area (Å²) in [6.07, 6.45) is -9.21. The maximum Gasteiger partial charge on any atom is 0.573 e. The number of ether oxygens (including phenoxy) is 1. The van der Waals surface area contributed by atoms with Gasteiger partial charge in [0.25, 0.3) is 6.43 Å². The molecule has 0 fully saturated rings. The second kappa shape index (κ2) is 5.99. The molecule has 1 heterocycles. The van der Waals surface area contributed by atoms with Crippen LogP contribution in [0, 0.1) is 0 Å². The second-order valence-corrected chi connectivity index (χ2v) is 3.60. The van der Waals surface area contributed by atoms with Crippen molar-refractivity contribution < 1.29 is 36.6 Å². The van der Waals surface area contributed by atoms with Crippen molar-refractivity contribution in [1.82, 2.24) is 4.98 Å². The van der Waals surface area contributed by atoms with Crippen molar-refractivity contribution >= 4 is 5.97 Å². The van der Waals surface area contributed by atoms with E-state index in [1.165, 1.54) is 0 Å². The van der Waals surface area contributed by atoms with Crippen molar-refractivity contribution in [3.8, 4) is 5.75 Å². The summed E-state index contributed by atoms with van der Waals surface area (Å²) >= 11 is 0. The number of nitrogens with two attached hydrogens (primary N) is 1. The molecule has 0 spiro atoms. The zero-order valence-corrected chi connectivity index (χ0v) is 9.75. The summed E-state index contributed by atoms with van der Waals surface area (Å²) in [5, 5.41) is 8.55. The van der Waals surface area contributed by atoms with Gasteiger partial charge >= 0.3 is 12.3 Å². The van der Waals surface area contributed by atoms with Gasteiger partial charge in [-0.25, -0.2) is 8.78 Å². The first-order valence-electron chi connectivity index (χ1n) is 5.12. The van der Waals surface area contributed by atoms with Crippen LogP contribution in [-0.2, 0) is 17.8 Å². The molecule has 0 unspecified atom stereocenters. The normalized spacial score (nSPS) is 11.8. The first-order valence-corrected chi connectivity index (χ1v) is 5.12. The third-order valence-corrected chi connectivity index (χ3v) is 2.10. The number of pyridine rings is 1. The highest BCUT2D eigenvalue weighted by atomic mass is 19.4. The van der Waals surface area contributed by atoms with E-state index in [1.54, 1.807) is 0 Å². The minimum absolute atomic E-state index is 0.331. The predicted octanol–water partition coefficient (Wildman–Crippen LogP) is 2.00. The average molecular weight is 300 g/mol. The van der Waals surface area contributed by atoms with Gasteiger partial charge in [-0.3, -0.25) is 9.78 Å². The number of aromatic nitrogens is 1. The molecule has 0 aliphatic rings. The zero-order chi connectivity index (χ0) is 15.5. The zero-order valence-electron chi connectivity index (χ0n) is 9.75. The quantitative estimate of drug-likeness (QED) is 0.812. The van der Waals surface area contributed by atoms with E-state index in [1.807, 2.05) is 0 Å². The lowest BCUT2D eigenvalue weighted by molar-refractivity contribution is -0.275. The number of nitrogens with zero attached hydrogens (tertiary/aromatic N) is 1. The topological polar surface area (TPSA) is 85.4 Å². The summed E-state index contributed by atoms with van der Waals surface area (Å²) in [6.45, 7) is -0.613. The van der Waals surface area contributed by atoms with E-state index >= 15 is 0 Å². The standard InChI is InChI=1S/C10H9F5N2O3/c11-9(12)5-1-4(2-7(18)19)17-6(3-16)8(5)20-10(13,14)15/h1,9H,2-3,16H2,(H,18,19). The van der Waals surface area contributed by atoms with Gasteiger partial charge in [0.15, 0.2) is 5.75 Å². The maximum atomic E-state index is 12.8. The Morgan fingerprint density at radius 3 is 2.45 bits per heavy atom. The second-order valence-electron chi connectivity index (χ2n) is 3.60. The molecule has 0 amide bonds. The number of aliphatic carboxylic acids is 1. The maximum absolute atomic E-state index is 12.8. The van der Waals surface area contributed by atoms with Crippen LogP contribution in [0.25, 0.3) is 0 Å². The summed E-state index contributed by atoms with van der Waals surface area (Å²) in [4.78, 5) is 14.0. The molecule has 0 aromatic carbocycles. The van der Waals surface area contributed by atoms with Gasteiger partial charge in [-0.1, -0.05) is 0 Å². The smallest absolute Gasteiger partial charge is 0.481 e. The number of carbonyl (C=O) groups is 1. The minimum Gasteiger partial charge on any atom is -0.481 e. The Bertz CT molecular complexity index is 504. The number of halogens is 5. The molecule has 0 saturated carbocycles. The highest BCUT2D eigenvalue weighted by molar-refractivity contribution is 5.69. The molecule has 1 aromatic heterocycles. The number of hydrogen-bond acceptors (Lipinski definition) is 4. The Morgan fingerprint density at radius 2 is 2.05 bits per heavy atom.